The Morgan fingerprint density at radius 2 is 1.76 bits per heavy atom. The lowest BCUT2D eigenvalue weighted by atomic mass is 10.1. The van der Waals surface area contributed by atoms with Crippen LogP contribution in [0.25, 0.3) is 11.0 Å². The van der Waals surface area contributed by atoms with Crippen molar-refractivity contribution >= 4 is 16.9 Å². The van der Waals surface area contributed by atoms with Gasteiger partial charge in [-0.1, -0.05) is 25.1 Å². The van der Waals surface area contributed by atoms with E-state index in [0.29, 0.717) is 6.54 Å². The van der Waals surface area contributed by atoms with Crippen LogP contribution >= 0.6 is 0 Å². The van der Waals surface area contributed by atoms with E-state index in [-0.39, 0.29) is 0 Å². The molecule has 0 amide bonds. The molecule has 0 radical (unpaired) electrons. The Kier molecular flexibility index (Phi) is 3.77. The number of para-hydroxylation sites is 2. The molecule has 4 nitrogen and oxygen atoms in total. The highest BCUT2D eigenvalue weighted by atomic mass is 15.0. The Morgan fingerprint density at radius 1 is 1.00 bits per heavy atom. The van der Waals surface area contributed by atoms with E-state index in [1.165, 1.54) is 5.56 Å². The summed E-state index contributed by atoms with van der Waals surface area (Å²) in [5.41, 5.74) is 5.06. The molecule has 3 rings (SSSR count). The lowest BCUT2D eigenvalue weighted by Crippen LogP contribution is -2.08. The number of rotatable bonds is 4. The van der Waals surface area contributed by atoms with Gasteiger partial charge in [0.2, 0.25) is 0 Å². The van der Waals surface area contributed by atoms with Crippen molar-refractivity contribution in [2.75, 3.05) is 5.32 Å². The van der Waals surface area contributed by atoms with Gasteiger partial charge in [0, 0.05) is 6.20 Å². The molecule has 2 aromatic heterocycles. The molecule has 21 heavy (non-hydrogen) atoms. The first kappa shape index (κ1) is 13.5. The van der Waals surface area contributed by atoms with Crippen molar-refractivity contribution in [3.8, 4) is 0 Å². The average molecular weight is 278 g/mol. The minimum atomic E-state index is 0.665. The Bertz CT molecular complexity index is 768. The second kappa shape index (κ2) is 5.87. The first-order valence-corrected chi connectivity index (χ1v) is 7.18. The quantitative estimate of drug-likeness (QED) is 0.793. The minimum Gasteiger partial charge on any atom is -0.363 e. The van der Waals surface area contributed by atoms with Gasteiger partial charge < -0.3 is 5.32 Å². The van der Waals surface area contributed by atoms with Crippen LogP contribution in [0.1, 0.15) is 23.9 Å². The van der Waals surface area contributed by atoms with Crippen molar-refractivity contribution in [2.45, 2.75) is 26.8 Å². The van der Waals surface area contributed by atoms with Gasteiger partial charge in [-0.3, -0.25) is 4.98 Å². The zero-order valence-electron chi connectivity index (χ0n) is 12.3. The third-order valence-corrected chi connectivity index (χ3v) is 3.53. The normalized spacial score (nSPS) is 10.8. The number of hydrogen-bond acceptors (Lipinski definition) is 4. The molecular weight excluding hydrogens is 260 g/mol. The molecule has 0 unspecified atom stereocenters. The summed E-state index contributed by atoms with van der Waals surface area (Å²) in [6.45, 7) is 4.78. The summed E-state index contributed by atoms with van der Waals surface area (Å²) >= 11 is 0. The van der Waals surface area contributed by atoms with Crippen molar-refractivity contribution < 1.29 is 0 Å². The highest BCUT2D eigenvalue weighted by molar-refractivity contribution is 5.76. The van der Waals surface area contributed by atoms with Gasteiger partial charge in [0.05, 0.1) is 29.0 Å². The molecule has 3 aromatic rings. The first-order chi connectivity index (χ1) is 10.3. The van der Waals surface area contributed by atoms with E-state index in [4.69, 9.17) is 0 Å². The molecule has 1 aromatic carbocycles. The van der Waals surface area contributed by atoms with Crippen molar-refractivity contribution in [3.05, 3.63) is 59.5 Å². The van der Waals surface area contributed by atoms with Crippen molar-refractivity contribution in [2.24, 2.45) is 0 Å². The number of hydrogen-bond donors (Lipinski definition) is 1. The standard InChI is InChI=1S/C17H18N4/c1-3-13-7-6-10-18-16(13)11-19-17-12(2)20-14-8-4-5-9-15(14)21-17/h4-10H,3,11H2,1-2H3,(H,19,21). The van der Waals surface area contributed by atoms with Crippen molar-refractivity contribution in [1.29, 1.82) is 0 Å². The summed E-state index contributed by atoms with van der Waals surface area (Å²) in [7, 11) is 0. The Balaban J connectivity index is 1.86. The van der Waals surface area contributed by atoms with Crippen LogP contribution in [0.2, 0.25) is 0 Å². The van der Waals surface area contributed by atoms with Crippen molar-refractivity contribution in [3.63, 3.8) is 0 Å². The van der Waals surface area contributed by atoms with Crippen LogP contribution < -0.4 is 5.32 Å². The summed E-state index contributed by atoms with van der Waals surface area (Å²) in [6, 6.07) is 12.0. The lowest BCUT2D eigenvalue weighted by Gasteiger charge is -2.11. The van der Waals surface area contributed by atoms with Gasteiger partial charge in [-0.2, -0.15) is 0 Å². The minimum absolute atomic E-state index is 0.665. The molecule has 0 aliphatic rings. The fraction of sp³-hybridized carbons (Fsp3) is 0.235. The topological polar surface area (TPSA) is 50.7 Å². The van der Waals surface area contributed by atoms with Crippen LogP contribution in [0, 0.1) is 6.92 Å². The van der Waals surface area contributed by atoms with Crippen LogP contribution in [0.15, 0.2) is 42.6 Å². The third kappa shape index (κ3) is 2.84. The molecule has 0 fully saturated rings. The van der Waals surface area contributed by atoms with Gasteiger partial charge in [-0.05, 0) is 37.1 Å². The summed E-state index contributed by atoms with van der Waals surface area (Å²) in [5, 5.41) is 3.36. The number of anilines is 1. The second-order valence-electron chi connectivity index (χ2n) is 4.96. The summed E-state index contributed by atoms with van der Waals surface area (Å²) in [6.07, 6.45) is 2.81. The Labute approximate surface area is 124 Å². The second-order valence-corrected chi connectivity index (χ2v) is 4.96. The fourth-order valence-corrected chi connectivity index (χ4v) is 2.38. The van der Waals surface area contributed by atoms with Gasteiger partial charge in [0.1, 0.15) is 5.82 Å². The number of fused-ring (bicyclic) bond motifs is 1. The third-order valence-electron chi connectivity index (χ3n) is 3.53. The van der Waals surface area contributed by atoms with E-state index in [2.05, 4.69) is 33.3 Å². The van der Waals surface area contributed by atoms with E-state index in [0.717, 1.165) is 34.7 Å². The summed E-state index contributed by atoms with van der Waals surface area (Å²) < 4.78 is 0. The largest absolute Gasteiger partial charge is 0.363 e. The van der Waals surface area contributed by atoms with Gasteiger partial charge >= 0.3 is 0 Å². The first-order valence-electron chi connectivity index (χ1n) is 7.18. The van der Waals surface area contributed by atoms with E-state index < -0.39 is 0 Å². The van der Waals surface area contributed by atoms with Gasteiger partial charge in [-0.25, -0.2) is 9.97 Å². The van der Waals surface area contributed by atoms with Crippen LogP contribution in [0.4, 0.5) is 5.82 Å². The number of nitrogens with zero attached hydrogens (tertiary/aromatic N) is 3. The molecule has 2 heterocycles. The number of pyridine rings is 1. The monoisotopic (exact) mass is 278 g/mol. The average Bonchev–Trinajstić information content (AvgIpc) is 2.53. The zero-order chi connectivity index (χ0) is 14.7. The number of nitrogens with one attached hydrogen (secondary N) is 1. The van der Waals surface area contributed by atoms with Gasteiger partial charge in [0.25, 0.3) is 0 Å². The maximum atomic E-state index is 4.64. The van der Waals surface area contributed by atoms with E-state index in [1.54, 1.807) is 0 Å². The lowest BCUT2D eigenvalue weighted by molar-refractivity contribution is 0.960. The predicted octanol–water partition coefficient (Wildman–Crippen LogP) is 3.51. The molecule has 0 spiro atoms. The number of benzene rings is 1. The van der Waals surface area contributed by atoms with Crippen molar-refractivity contribution in [1.82, 2.24) is 15.0 Å². The molecule has 0 atom stereocenters. The maximum absolute atomic E-state index is 4.64. The molecule has 106 valence electrons. The molecule has 0 bridgehead atoms. The SMILES string of the molecule is CCc1cccnc1CNc1nc2ccccc2nc1C. The van der Waals surface area contributed by atoms with E-state index in [9.17, 15) is 0 Å². The highest BCUT2D eigenvalue weighted by Gasteiger charge is 2.06. The Morgan fingerprint density at radius 3 is 2.52 bits per heavy atom. The Hall–Kier alpha value is -2.49. The molecule has 0 aliphatic heterocycles. The van der Waals surface area contributed by atoms with E-state index >= 15 is 0 Å². The zero-order valence-corrected chi connectivity index (χ0v) is 12.3. The number of aromatic nitrogens is 3. The molecular formula is C17H18N4. The van der Waals surface area contributed by atoms with Crippen LogP contribution in [0.3, 0.4) is 0 Å². The van der Waals surface area contributed by atoms with Crippen LogP contribution in [0.5, 0.6) is 0 Å². The highest BCUT2D eigenvalue weighted by Crippen LogP contribution is 2.17. The van der Waals surface area contributed by atoms with Crippen LogP contribution in [-0.4, -0.2) is 15.0 Å². The molecule has 4 heteroatoms. The molecule has 1 N–H and O–H groups in total. The van der Waals surface area contributed by atoms with Gasteiger partial charge in [0.15, 0.2) is 0 Å². The number of aryl methyl sites for hydroxylation is 2. The summed E-state index contributed by atoms with van der Waals surface area (Å²) in [5.74, 6) is 0.821. The summed E-state index contributed by atoms with van der Waals surface area (Å²) in [4.78, 5) is 13.7. The molecule has 0 saturated carbocycles. The van der Waals surface area contributed by atoms with Crippen LogP contribution in [-0.2, 0) is 13.0 Å². The van der Waals surface area contributed by atoms with E-state index in [1.807, 2.05) is 43.5 Å². The van der Waals surface area contributed by atoms with Gasteiger partial charge in [-0.15, -0.1) is 0 Å². The smallest absolute Gasteiger partial charge is 0.148 e. The predicted molar refractivity (Wildman–Crippen MR) is 85.2 cm³/mol. The maximum Gasteiger partial charge on any atom is 0.148 e. The molecule has 0 aliphatic carbocycles. The fourth-order valence-electron chi connectivity index (χ4n) is 2.38. The molecule has 0 saturated heterocycles.